The standard InChI is InChI=1S/C20H22N6O2/c1-13-8-14(2)19(15(3)9-13)22-18(27)11-25(4)20(28)16-6-5-7-17(10-16)26-12-21-23-24-26/h5-10,12H,11H2,1-4H3,(H,22,27). The summed E-state index contributed by atoms with van der Waals surface area (Å²) in [5.41, 5.74) is 5.04. The van der Waals surface area contributed by atoms with Crippen LogP contribution in [0.4, 0.5) is 5.69 Å². The lowest BCUT2D eigenvalue weighted by molar-refractivity contribution is -0.116. The van der Waals surface area contributed by atoms with Crippen LogP contribution in [0.3, 0.4) is 0 Å². The summed E-state index contributed by atoms with van der Waals surface area (Å²) >= 11 is 0. The third-order valence-corrected chi connectivity index (χ3v) is 4.38. The van der Waals surface area contributed by atoms with Gasteiger partial charge in [0, 0.05) is 18.3 Å². The van der Waals surface area contributed by atoms with Gasteiger partial charge in [0.15, 0.2) is 0 Å². The Bertz CT molecular complexity index is 990. The van der Waals surface area contributed by atoms with Crippen molar-refractivity contribution in [3.63, 3.8) is 0 Å². The minimum atomic E-state index is -0.262. The Hall–Kier alpha value is -3.55. The van der Waals surface area contributed by atoms with E-state index in [4.69, 9.17) is 0 Å². The molecular weight excluding hydrogens is 356 g/mol. The van der Waals surface area contributed by atoms with Crippen LogP contribution >= 0.6 is 0 Å². The molecule has 0 aliphatic heterocycles. The quantitative estimate of drug-likeness (QED) is 0.735. The van der Waals surface area contributed by atoms with Gasteiger partial charge < -0.3 is 10.2 Å². The average Bonchev–Trinajstić information content (AvgIpc) is 3.19. The van der Waals surface area contributed by atoms with Gasteiger partial charge in [-0.1, -0.05) is 23.8 Å². The van der Waals surface area contributed by atoms with Crippen molar-refractivity contribution in [2.45, 2.75) is 20.8 Å². The molecule has 1 N–H and O–H groups in total. The zero-order chi connectivity index (χ0) is 20.3. The van der Waals surface area contributed by atoms with Crippen molar-refractivity contribution in [2.75, 3.05) is 18.9 Å². The number of hydrogen-bond acceptors (Lipinski definition) is 5. The molecule has 0 saturated carbocycles. The molecule has 0 radical (unpaired) electrons. The predicted octanol–water partition coefficient (Wildman–Crippen LogP) is 2.30. The van der Waals surface area contributed by atoms with Crippen molar-refractivity contribution in [3.05, 3.63) is 65.0 Å². The van der Waals surface area contributed by atoms with E-state index in [-0.39, 0.29) is 18.4 Å². The summed E-state index contributed by atoms with van der Waals surface area (Å²) in [5.74, 6) is -0.509. The third kappa shape index (κ3) is 4.22. The van der Waals surface area contributed by atoms with Crippen LogP contribution in [-0.4, -0.2) is 50.5 Å². The van der Waals surface area contributed by atoms with Gasteiger partial charge in [-0.3, -0.25) is 9.59 Å². The zero-order valence-corrected chi connectivity index (χ0v) is 16.3. The van der Waals surface area contributed by atoms with E-state index in [1.54, 1.807) is 31.3 Å². The van der Waals surface area contributed by atoms with Gasteiger partial charge >= 0.3 is 0 Å². The summed E-state index contributed by atoms with van der Waals surface area (Å²) < 4.78 is 1.46. The summed E-state index contributed by atoms with van der Waals surface area (Å²) in [4.78, 5) is 26.6. The molecule has 144 valence electrons. The highest BCUT2D eigenvalue weighted by atomic mass is 16.2. The Balaban J connectivity index is 1.69. The molecule has 3 rings (SSSR count). The molecule has 0 spiro atoms. The van der Waals surface area contributed by atoms with Crippen molar-refractivity contribution in [3.8, 4) is 5.69 Å². The summed E-state index contributed by atoms with van der Waals surface area (Å²) in [6.07, 6.45) is 1.45. The van der Waals surface area contributed by atoms with Crippen LogP contribution in [0.15, 0.2) is 42.7 Å². The number of carbonyl (C=O) groups excluding carboxylic acids is 2. The van der Waals surface area contributed by atoms with Crippen LogP contribution in [0.1, 0.15) is 27.0 Å². The first-order chi connectivity index (χ1) is 13.3. The van der Waals surface area contributed by atoms with Crippen molar-refractivity contribution in [1.82, 2.24) is 25.1 Å². The Labute approximate surface area is 163 Å². The van der Waals surface area contributed by atoms with E-state index in [1.807, 2.05) is 32.9 Å². The zero-order valence-electron chi connectivity index (χ0n) is 16.3. The lowest BCUT2D eigenvalue weighted by Gasteiger charge is -2.19. The number of tetrazole rings is 1. The number of nitrogens with zero attached hydrogens (tertiary/aromatic N) is 5. The van der Waals surface area contributed by atoms with E-state index in [9.17, 15) is 9.59 Å². The normalized spacial score (nSPS) is 10.6. The number of hydrogen-bond donors (Lipinski definition) is 1. The largest absolute Gasteiger partial charge is 0.332 e. The number of benzene rings is 2. The molecule has 1 aromatic heterocycles. The molecule has 2 amide bonds. The number of anilines is 1. The molecular formula is C20H22N6O2. The molecule has 28 heavy (non-hydrogen) atoms. The maximum absolute atomic E-state index is 12.7. The third-order valence-electron chi connectivity index (χ3n) is 4.38. The number of rotatable bonds is 5. The molecule has 0 saturated heterocycles. The fourth-order valence-corrected chi connectivity index (χ4v) is 3.12. The average molecular weight is 378 g/mol. The Morgan fingerprint density at radius 3 is 2.46 bits per heavy atom. The number of amides is 2. The summed E-state index contributed by atoms with van der Waals surface area (Å²) in [5, 5.41) is 13.9. The fourth-order valence-electron chi connectivity index (χ4n) is 3.12. The van der Waals surface area contributed by atoms with Crippen LogP contribution in [0.5, 0.6) is 0 Å². The Kier molecular flexibility index (Phi) is 5.49. The maximum atomic E-state index is 12.7. The van der Waals surface area contributed by atoms with Gasteiger partial charge in [-0.05, 0) is 60.5 Å². The lowest BCUT2D eigenvalue weighted by atomic mass is 10.1. The summed E-state index contributed by atoms with van der Waals surface area (Å²) in [6.45, 7) is 5.87. The van der Waals surface area contributed by atoms with Gasteiger partial charge in [0.05, 0.1) is 12.2 Å². The minimum Gasteiger partial charge on any atom is -0.332 e. The second-order valence-electron chi connectivity index (χ2n) is 6.79. The molecule has 0 fully saturated rings. The molecule has 0 atom stereocenters. The molecule has 1 heterocycles. The van der Waals surface area contributed by atoms with Gasteiger partial charge in [-0.15, -0.1) is 5.10 Å². The Morgan fingerprint density at radius 2 is 1.82 bits per heavy atom. The molecule has 3 aromatic rings. The van der Waals surface area contributed by atoms with Crippen LogP contribution in [0.2, 0.25) is 0 Å². The number of aryl methyl sites for hydroxylation is 3. The Morgan fingerprint density at radius 1 is 1.11 bits per heavy atom. The van der Waals surface area contributed by atoms with Gasteiger partial charge in [-0.25, -0.2) is 4.68 Å². The molecule has 0 bridgehead atoms. The van der Waals surface area contributed by atoms with Crippen molar-refractivity contribution >= 4 is 17.5 Å². The van der Waals surface area contributed by atoms with E-state index in [1.165, 1.54) is 15.9 Å². The van der Waals surface area contributed by atoms with E-state index in [2.05, 4.69) is 20.8 Å². The fraction of sp³-hybridized carbons (Fsp3) is 0.250. The highest BCUT2D eigenvalue weighted by Crippen LogP contribution is 2.22. The first-order valence-electron chi connectivity index (χ1n) is 8.81. The van der Waals surface area contributed by atoms with Crippen LogP contribution in [0, 0.1) is 20.8 Å². The predicted molar refractivity (Wildman–Crippen MR) is 105 cm³/mol. The second-order valence-corrected chi connectivity index (χ2v) is 6.79. The number of nitrogens with one attached hydrogen (secondary N) is 1. The first kappa shape index (κ1) is 19.2. The highest BCUT2D eigenvalue weighted by molar-refractivity contribution is 6.00. The number of carbonyl (C=O) groups is 2. The molecule has 0 unspecified atom stereocenters. The van der Waals surface area contributed by atoms with Gasteiger partial charge in [0.25, 0.3) is 5.91 Å². The highest BCUT2D eigenvalue weighted by Gasteiger charge is 2.17. The van der Waals surface area contributed by atoms with Gasteiger partial charge in [-0.2, -0.15) is 0 Å². The van der Waals surface area contributed by atoms with Crippen molar-refractivity contribution < 1.29 is 9.59 Å². The second kappa shape index (κ2) is 7.99. The summed E-state index contributed by atoms with van der Waals surface area (Å²) in [7, 11) is 1.60. The molecule has 2 aromatic carbocycles. The molecule has 8 nitrogen and oxygen atoms in total. The monoisotopic (exact) mass is 378 g/mol. The topological polar surface area (TPSA) is 93.0 Å². The molecule has 0 aliphatic carbocycles. The van der Waals surface area contributed by atoms with E-state index in [0.717, 1.165) is 22.4 Å². The van der Waals surface area contributed by atoms with Gasteiger partial charge in [0.2, 0.25) is 5.91 Å². The minimum absolute atomic E-state index is 0.0549. The smallest absolute Gasteiger partial charge is 0.254 e. The van der Waals surface area contributed by atoms with E-state index in [0.29, 0.717) is 11.3 Å². The molecule has 8 heteroatoms. The van der Waals surface area contributed by atoms with Crippen LogP contribution in [0.25, 0.3) is 5.69 Å². The number of aromatic nitrogens is 4. The number of likely N-dealkylation sites (N-methyl/N-ethyl adjacent to an activating group) is 1. The van der Waals surface area contributed by atoms with Gasteiger partial charge in [0.1, 0.15) is 6.33 Å². The maximum Gasteiger partial charge on any atom is 0.254 e. The SMILES string of the molecule is Cc1cc(C)c(NC(=O)CN(C)C(=O)c2cccc(-n3cnnn3)c2)c(C)c1. The van der Waals surface area contributed by atoms with Crippen LogP contribution < -0.4 is 5.32 Å². The van der Waals surface area contributed by atoms with Crippen molar-refractivity contribution in [1.29, 1.82) is 0 Å². The summed E-state index contributed by atoms with van der Waals surface area (Å²) in [6, 6.07) is 10.9. The molecule has 0 aliphatic rings. The first-order valence-corrected chi connectivity index (χ1v) is 8.81. The lowest BCUT2D eigenvalue weighted by Crippen LogP contribution is -2.35. The van der Waals surface area contributed by atoms with E-state index < -0.39 is 0 Å². The van der Waals surface area contributed by atoms with E-state index >= 15 is 0 Å². The van der Waals surface area contributed by atoms with Crippen molar-refractivity contribution in [2.24, 2.45) is 0 Å². The van der Waals surface area contributed by atoms with Crippen LogP contribution in [-0.2, 0) is 4.79 Å².